The zero-order valence-electron chi connectivity index (χ0n) is 12.6. The molecule has 1 aliphatic heterocycles. The molecule has 1 saturated heterocycles. The molecule has 1 atom stereocenters. The van der Waals surface area contributed by atoms with E-state index in [4.69, 9.17) is 10.5 Å². The molecule has 1 aliphatic rings. The third kappa shape index (κ3) is 2.33. The second-order valence-electron chi connectivity index (χ2n) is 5.90. The molecule has 21 heavy (non-hydrogen) atoms. The van der Waals surface area contributed by atoms with Gasteiger partial charge in [0.1, 0.15) is 0 Å². The number of para-hydroxylation sites is 1. The molecule has 2 N–H and O–H groups in total. The number of carbonyl (C=O) groups excluding carboxylic acids is 1. The van der Waals surface area contributed by atoms with Gasteiger partial charge >= 0.3 is 0 Å². The molecule has 1 unspecified atom stereocenters. The maximum Gasteiger partial charge on any atom is 0.251 e. The van der Waals surface area contributed by atoms with Gasteiger partial charge in [-0.3, -0.25) is 4.79 Å². The molecule has 0 spiro atoms. The van der Waals surface area contributed by atoms with Crippen LogP contribution < -0.4 is 5.73 Å². The van der Waals surface area contributed by atoms with E-state index in [2.05, 4.69) is 17.6 Å². The van der Waals surface area contributed by atoms with Crippen molar-refractivity contribution >= 4 is 16.8 Å². The Morgan fingerprint density at radius 3 is 2.67 bits per heavy atom. The first-order valence-corrected chi connectivity index (χ1v) is 7.58. The minimum absolute atomic E-state index is 0.340. The summed E-state index contributed by atoms with van der Waals surface area (Å²) in [6.07, 6.45) is 2.14. The number of rotatable bonds is 3. The van der Waals surface area contributed by atoms with Crippen molar-refractivity contribution in [3.63, 3.8) is 0 Å². The van der Waals surface area contributed by atoms with Crippen LogP contribution in [0.3, 0.4) is 0 Å². The summed E-state index contributed by atoms with van der Waals surface area (Å²) in [7, 11) is 0. The number of hydrogen-bond acceptors (Lipinski definition) is 2. The van der Waals surface area contributed by atoms with Crippen molar-refractivity contribution in [1.82, 2.24) is 4.57 Å². The van der Waals surface area contributed by atoms with Crippen LogP contribution in [0.5, 0.6) is 0 Å². The largest absolute Gasteiger partial charge is 0.381 e. The fraction of sp³-hybridized carbons (Fsp3) is 0.471. The fourth-order valence-corrected chi connectivity index (χ4v) is 3.64. The Balaban J connectivity index is 2.13. The number of nitrogens with two attached hydrogens (primary N) is 1. The Hall–Kier alpha value is -1.81. The monoisotopic (exact) mass is 286 g/mol. The van der Waals surface area contributed by atoms with Crippen LogP contribution in [0.2, 0.25) is 0 Å². The van der Waals surface area contributed by atoms with Gasteiger partial charge in [-0.1, -0.05) is 18.2 Å². The molecule has 112 valence electrons. The van der Waals surface area contributed by atoms with Crippen LogP contribution >= 0.6 is 0 Å². The molecule has 2 heterocycles. The van der Waals surface area contributed by atoms with E-state index in [0.29, 0.717) is 17.5 Å². The quantitative estimate of drug-likeness (QED) is 0.942. The highest BCUT2D eigenvalue weighted by Crippen LogP contribution is 2.34. The number of hydrogen-bond donors (Lipinski definition) is 1. The molecule has 0 saturated carbocycles. The summed E-state index contributed by atoms with van der Waals surface area (Å²) in [4.78, 5) is 11.8. The highest BCUT2D eigenvalue weighted by molar-refractivity contribution is 6.07. The molecular formula is C17H22N2O2. The Labute approximate surface area is 124 Å². The molecule has 0 aliphatic carbocycles. The van der Waals surface area contributed by atoms with Crippen LogP contribution in [0.4, 0.5) is 0 Å². The molecule has 4 nitrogen and oxygen atoms in total. The lowest BCUT2D eigenvalue weighted by Gasteiger charge is -2.30. The zero-order chi connectivity index (χ0) is 15.0. The highest BCUT2D eigenvalue weighted by atomic mass is 16.5. The Kier molecular flexibility index (Phi) is 3.72. The van der Waals surface area contributed by atoms with Crippen molar-refractivity contribution in [3.8, 4) is 0 Å². The second-order valence-corrected chi connectivity index (χ2v) is 5.90. The van der Waals surface area contributed by atoms with Crippen molar-refractivity contribution in [2.75, 3.05) is 13.2 Å². The SMILES string of the molecule is Cc1c(C(N)=O)c2ccccc2n1C(C)C1CCOCC1. The minimum Gasteiger partial charge on any atom is -0.381 e. The topological polar surface area (TPSA) is 57.2 Å². The van der Waals surface area contributed by atoms with Crippen LogP contribution in [0.25, 0.3) is 10.9 Å². The summed E-state index contributed by atoms with van der Waals surface area (Å²) in [5.74, 6) is 0.232. The number of primary amides is 1. The van der Waals surface area contributed by atoms with Crippen molar-refractivity contribution in [2.45, 2.75) is 32.7 Å². The van der Waals surface area contributed by atoms with E-state index < -0.39 is 0 Å². The molecular weight excluding hydrogens is 264 g/mol. The van der Waals surface area contributed by atoms with E-state index >= 15 is 0 Å². The van der Waals surface area contributed by atoms with Gasteiger partial charge in [0.2, 0.25) is 0 Å². The normalized spacial score (nSPS) is 18.0. The number of ether oxygens (including phenoxy) is 1. The average molecular weight is 286 g/mol. The van der Waals surface area contributed by atoms with Crippen molar-refractivity contribution in [2.24, 2.45) is 11.7 Å². The van der Waals surface area contributed by atoms with E-state index in [-0.39, 0.29) is 5.91 Å². The van der Waals surface area contributed by atoms with Crippen molar-refractivity contribution in [3.05, 3.63) is 35.5 Å². The maximum atomic E-state index is 11.8. The second kappa shape index (κ2) is 5.53. The average Bonchev–Trinajstić information content (AvgIpc) is 2.79. The van der Waals surface area contributed by atoms with Crippen LogP contribution in [0, 0.1) is 12.8 Å². The van der Waals surface area contributed by atoms with Crippen molar-refractivity contribution in [1.29, 1.82) is 0 Å². The van der Waals surface area contributed by atoms with Gasteiger partial charge in [-0.25, -0.2) is 0 Å². The summed E-state index contributed by atoms with van der Waals surface area (Å²) in [6.45, 7) is 5.89. The Bertz CT molecular complexity index is 669. The van der Waals surface area contributed by atoms with Gasteiger partial charge in [0.25, 0.3) is 5.91 Å². The third-order valence-corrected chi connectivity index (χ3v) is 4.76. The number of nitrogens with zero attached hydrogens (tertiary/aromatic N) is 1. The molecule has 1 amide bonds. The highest BCUT2D eigenvalue weighted by Gasteiger charge is 2.26. The van der Waals surface area contributed by atoms with E-state index in [0.717, 1.165) is 42.7 Å². The molecule has 2 aromatic rings. The fourth-order valence-electron chi connectivity index (χ4n) is 3.64. The van der Waals surface area contributed by atoms with Gasteiger partial charge < -0.3 is 15.0 Å². The number of benzene rings is 1. The first-order valence-electron chi connectivity index (χ1n) is 7.58. The number of amides is 1. The summed E-state index contributed by atoms with van der Waals surface area (Å²) >= 11 is 0. The van der Waals surface area contributed by atoms with Crippen LogP contribution in [-0.2, 0) is 4.74 Å². The zero-order valence-corrected chi connectivity index (χ0v) is 12.6. The lowest BCUT2D eigenvalue weighted by atomic mass is 9.92. The Morgan fingerprint density at radius 1 is 1.33 bits per heavy atom. The molecule has 3 rings (SSSR count). The number of fused-ring (bicyclic) bond motifs is 1. The molecule has 1 aromatic carbocycles. The Morgan fingerprint density at radius 2 is 2.00 bits per heavy atom. The standard InChI is InChI=1S/C17H22N2O2/c1-11(13-7-9-21-10-8-13)19-12(2)16(17(18)20)14-5-3-4-6-15(14)19/h3-6,11,13H,7-10H2,1-2H3,(H2,18,20). The molecule has 1 aromatic heterocycles. The van der Waals surface area contributed by atoms with Gasteiger partial charge in [0.05, 0.1) is 5.56 Å². The van der Waals surface area contributed by atoms with Crippen LogP contribution in [0.15, 0.2) is 24.3 Å². The number of aromatic nitrogens is 1. The van der Waals surface area contributed by atoms with E-state index in [9.17, 15) is 4.79 Å². The smallest absolute Gasteiger partial charge is 0.251 e. The lowest BCUT2D eigenvalue weighted by molar-refractivity contribution is 0.0517. The predicted octanol–water partition coefficient (Wildman–Crippen LogP) is 3.04. The molecule has 0 radical (unpaired) electrons. The lowest BCUT2D eigenvalue weighted by Crippen LogP contribution is -2.25. The first kappa shape index (κ1) is 14.1. The molecule has 0 bridgehead atoms. The maximum absolute atomic E-state index is 11.8. The van der Waals surface area contributed by atoms with Crippen molar-refractivity contribution < 1.29 is 9.53 Å². The third-order valence-electron chi connectivity index (χ3n) is 4.76. The summed E-state index contributed by atoms with van der Waals surface area (Å²) < 4.78 is 7.75. The van der Waals surface area contributed by atoms with E-state index in [1.165, 1.54) is 0 Å². The summed E-state index contributed by atoms with van der Waals surface area (Å²) in [5, 5.41) is 0.960. The number of carbonyl (C=O) groups is 1. The van der Waals surface area contributed by atoms with E-state index in [1.54, 1.807) is 0 Å². The first-order chi connectivity index (χ1) is 10.1. The van der Waals surface area contributed by atoms with Crippen LogP contribution in [-0.4, -0.2) is 23.7 Å². The minimum atomic E-state index is -0.346. The molecule has 1 fully saturated rings. The van der Waals surface area contributed by atoms with Gasteiger partial charge in [-0.2, -0.15) is 0 Å². The van der Waals surface area contributed by atoms with Gasteiger partial charge in [-0.05, 0) is 38.7 Å². The van der Waals surface area contributed by atoms with Crippen LogP contribution in [0.1, 0.15) is 41.9 Å². The summed E-state index contributed by atoms with van der Waals surface area (Å²) in [5.41, 5.74) is 8.33. The summed E-state index contributed by atoms with van der Waals surface area (Å²) in [6, 6.07) is 8.37. The van der Waals surface area contributed by atoms with Gasteiger partial charge in [0.15, 0.2) is 0 Å². The molecule has 4 heteroatoms. The van der Waals surface area contributed by atoms with Gasteiger partial charge in [-0.15, -0.1) is 0 Å². The van der Waals surface area contributed by atoms with E-state index in [1.807, 2.05) is 25.1 Å². The predicted molar refractivity (Wildman–Crippen MR) is 83.4 cm³/mol. The van der Waals surface area contributed by atoms with Gasteiger partial charge in [0, 0.05) is 35.9 Å².